The second-order valence-electron chi connectivity index (χ2n) is 7.82. The number of ether oxygens (including phenoxy) is 1. The molecular formula is C24H29N3O2. The van der Waals surface area contributed by atoms with E-state index in [-0.39, 0.29) is 11.8 Å². The summed E-state index contributed by atoms with van der Waals surface area (Å²) in [5, 5.41) is 0.998. The molecule has 0 radical (unpaired) electrons. The van der Waals surface area contributed by atoms with Crippen molar-refractivity contribution in [2.75, 3.05) is 39.4 Å². The van der Waals surface area contributed by atoms with E-state index in [0.717, 1.165) is 55.9 Å². The van der Waals surface area contributed by atoms with E-state index in [1.54, 1.807) is 0 Å². The molecule has 5 nitrogen and oxygen atoms in total. The van der Waals surface area contributed by atoms with E-state index in [1.807, 2.05) is 36.5 Å². The van der Waals surface area contributed by atoms with Crippen molar-refractivity contribution in [1.29, 1.82) is 0 Å². The molecule has 3 aromatic rings. The van der Waals surface area contributed by atoms with Gasteiger partial charge in [-0.15, -0.1) is 0 Å². The Hall–Kier alpha value is -2.47. The van der Waals surface area contributed by atoms with Gasteiger partial charge in [-0.05, 0) is 18.6 Å². The number of morpholine rings is 1. The minimum Gasteiger partial charge on any atom is -0.379 e. The van der Waals surface area contributed by atoms with E-state index >= 15 is 0 Å². The fourth-order valence-electron chi connectivity index (χ4n) is 4.03. The third-order valence-corrected chi connectivity index (χ3v) is 5.71. The molecule has 1 fully saturated rings. The predicted molar refractivity (Wildman–Crippen MR) is 116 cm³/mol. The van der Waals surface area contributed by atoms with Crippen LogP contribution < -0.4 is 0 Å². The summed E-state index contributed by atoms with van der Waals surface area (Å²) in [7, 11) is 0. The Labute approximate surface area is 172 Å². The number of aromatic amines is 1. The number of hydrogen-bond acceptors (Lipinski definition) is 4. The molecule has 0 saturated carbocycles. The first-order chi connectivity index (χ1) is 14.2. The molecule has 0 aliphatic carbocycles. The van der Waals surface area contributed by atoms with Crippen molar-refractivity contribution in [2.45, 2.75) is 19.5 Å². The molecule has 2 aromatic carbocycles. The quantitative estimate of drug-likeness (QED) is 0.597. The number of ketones is 1. The molecule has 1 atom stereocenters. The lowest BCUT2D eigenvalue weighted by atomic mass is 10.1. The Morgan fingerprint density at radius 1 is 1.10 bits per heavy atom. The van der Waals surface area contributed by atoms with Crippen LogP contribution in [-0.2, 0) is 11.3 Å². The topological polar surface area (TPSA) is 48.6 Å². The van der Waals surface area contributed by atoms with Gasteiger partial charge in [-0.3, -0.25) is 14.6 Å². The van der Waals surface area contributed by atoms with Crippen molar-refractivity contribution in [3.63, 3.8) is 0 Å². The van der Waals surface area contributed by atoms with Gasteiger partial charge in [0.05, 0.1) is 19.8 Å². The number of rotatable bonds is 8. The molecular weight excluding hydrogens is 362 g/mol. The summed E-state index contributed by atoms with van der Waals surface area (Å²) < 4.78 is 5.48. The first-order valence-corrected chi connectivity index (χ1v) is 10.4. The number of H-pyrrole nitrogens is 1. The highest BCUT2D eigenvalue weighted by molar-refractivity contribution is 6.08. The van der Waals surface area contributed by atoms with Gasteiger partial charge < -0.3 is 9.72 Å². The number of para-hydroxylation sites is 1. The van der Waals surface area contributed by atoms with Crippen molar-refractivity contribution in [1.82, 2.24) is 14.8 Å². The normalized spacial score (nSPS) is 16.3. The van der Waals surface area contributed by atoms with Crippen molar-refractivity contribution >= 4 is 16.7 Å². The molecule has 1 aromatic heterocycles. The number of Topliss-reactive ketones (excluding diaryl/α,β-unsaturated/α-hetero) is 1. The molecule has 1 aliphatic rings. The Kier molecular flexibility index (Phi) is 6.39. The van der Waals surface area contributed by atoms with Crippen LogP contribution in [0.4, 0.5) is 0 Å². The van der Waals surface area contributed by atoms with E-state index in [4.69, 9.17) is 4.74 Å². The van der Waals surface area contributed by atoms with Crippen LogP contribution in [0.25, 0.3) is 10.9 Å². The average Bonchev–Trinajstić information content (AvgIpc) is 3.19. The molecule has 1 unspecified atom stereocenters. The first kappa shape index (κ1) is 19.8. The van der Waals surface area contributed by atoms with Crippen LogP contribution in [0.5, 0.6) is 0 Å². The highest BCUT2D eigenvalue weighted by atomic mass is 16.5. The number of benzene rings is 2. The largest absolute Gasteiger partial charge is 0.379 e. The van der Waals surface area contributed by atoms with Gasteiger partial charge in [0.1, 0.15) is 0 Å². The molecule has 5 heteroatoms. The van der Waals surface area contributed by atoms with Gasteiger partial charge in [0.25, 0.3) is 0 Å². The molecule has 1 N–H and O–H groups in total. The first-order valence-electron chi connectivity index (χ1n) is 10.4. The van der Waals surface area contributed by atoms with Crippen LogP contribution in [0.15, 0.2) is 60.8 Å². The SMILES string of the molecule is CC(CN1CCOCC1)N(CC(=O)c1c[nH]c2ccccc12)Cc1ccccc1. The van der Waals surface area contributed by atoms with E-state index in [1.165, 1.54) is 5.56 Å². The number of fused-ring (bicyclic) bond motifs is 1. The lowest BCUT2D eigenvalue weighted by molar-refractivity contribution is 0.0236. The third-order valence-electron chi connectivity index (χ3n) is 5.71. The molecule has 2 heterocycles. The van der Waals surface area contributed by atoms with Crippen molar-refractivity contribution < 1.29 is 9.53 Å². The minimum absolute atomic E-state index is 0.159. The maximum atomic E-state index is 13.2. The van der Waals surface area contributed by atoms with Gasteiger partial charge in [0, 0.05) is 54.9 Å². The van der Waals surface area contributed by atoms with Gasteiger partial charge in [-0.25, -0.2) is 0 Å². The lowest BCUT2D eigenvalue weighted by Gasteiger charge is -2.34. The van der Waals surface area contributed by atoms with Gasteiger partial charge in [0.2, 0.25) is 0 Å². The molecule has 0 amide bonds. The summed E-state index contributed by atoms with van der Waals surface area (Å²) in [5.41, 5.74) is 3.01. The zero-order valence-electron chi connectivity index (χ0n) is 17.0. The van der Waals surface area contributed by atoms with Crippen molar-refractivity contribution in [2.24, 2.45) is 0 Å². The number of carbonyl (C=O) groups is 1. The Morgan fingerprint density at radius 3 is 2.62 bits per heavy atom. The maximum absolute atomic E-state index is 13.2. The van der Waals surface area contributed by atoms with Gasteiger partial charge in [-0.1, -0.05) is 48.5 Å². The van der Waals surface area contributed by atoms with E-state index in [2.05, 4.69) is 46.0 Å². The van der Waals surface area contributed by atoms with Gasteiger partial charge in [-0.2, -0.15) is 0 Å². The van der Waals surface area contributed by atoms with Gasteiger partial charge >= 0.3 is 0 Å². The highest BCUT2D eigenvalue weighted by Crippen LogP contribution is 2.20. The highest BCUT2D eigenvalue weighted by Gasteiger charge is 2.23. The summed E-state index contributed by atoms with van der Waals surface area (Å²) in [6.45, 7) is 7.83. The van der Waals surface area contributed by atoms with E-state index in [0.29, 0.717) is 6.54 Å². The van der Waals surface area contributed by atoms with Gasteiger partial charge in [0.15, 0.2) is 5.78 Å². The standard InChI is InChI=1S/C24H29N3O2/c1-19(16-26-11-13-29-14-12-26)27(17-20-7-3-2-4-8-20)18-24(28)22-15-25-23-10-6-5-9-21(22)23/h2-10,15,19,25H,11-14,16-18H2,1H3. The van der Waals surface area contributed by atoms with Crippen LogP contribution in [0.2, 0.25) is 0 Å². The molecule has 1 aliphatic heterocycles. The van der Waals surface area contributed by atoms with Crippen LogP contribution in [0.1, 0.15) is 22.8 Å². The summed E-state index contributed by atoms with van der Waals surface area (Å²) in [6.07, 6.45) is 1.85. The lowest BCUT2D eigenvalue weighted by Crippen LogP contribution is -2.47. The average molecular weight is 392 g/mol. The summed E-state index contributed by atoms with van der Waals surface area (Å²) >= 11 is 0. The number of carbonyl (C=O) groups excluding carboxylic acids is 1. The number of nitrogens with zero attached hydrogens (tertiary/aromatic N) is 2. The molecule has 29 heavy (non-hydrogen) atoms. The molecule has 0 spiro atoms. The number of aromatic nitrogens is 1. The van der Waals surface area contributed by atoms with Crippen LogP contribution >= 0.6 is 0 Å². The predicted octanol–water partition coefficient (Wildman–Crippen LogP) is 3.57. The van der Waals surface area contributed by atoms with Crippen LogP contribution in [-0.4, -0.2) is 66.0 Å². The summed E-state index contributed by atoms with van der Waals surface area (Å²) in [5.74, 6) is 0.159. The number of hydrogen-bond donors (Lipinski definition) is 1. The molecule has 1 saturated heterocycles. The number of nitrogens with one attached hydrogen (secondary N) is 1. The van der Waals surface area contributed by atoms with Crippen LogP contribution in [0.3, 0.4) is 0 Å². The van der Waals surface area contributed by atoms with Crippen molar-refractivity contribution in [3.05, 3.63) is 71.9 Å². The molecule has 0 bridgehead atoms. The Balaban J connectivity index is 1.51. The summed E-state index contributed by atoms with van der Waals surface area (Å²) in [6, 6.07) is 18.7. The van der Waals surface area contributed by atoms with Crippen LogP contribution in [0, 0.1) is 0 Å². The zero-order chi connectivity index (χ0) is 20.1. The second-order valence-corrected chi connectivity index (χ2v) is 7.82. The summed E-state index contributed by atoms with van der Waals surface area (Å²) in [4.78, 5) is 21.2. The second kappa shape index (κ2) is 9.35. The fraction of sp³-hybridized carbons (Fsp3) is 0.375. The fourth-order valence-corrected chi connectivity index (χ4v) is 4.03. The third kappa shape index (κ3) is 4.93. The zero-order valence-corrected chi connectivity index (χ0v) is 17.0. The van der Waals surface area contributed by atoms with E-state index < -0.39 is 0 Å². The molecule has 4 rings (SSSR count). The Morgan fingerprint density at radius 2 is 1.83 bits per heavy atom. The van der Waals surface area contributed by atoms with Crippen molar-refractivity contribution in [3.8, 4) is 0 Å². The Bertz CT molecular complexity index is 931. The van der Waals surface area contributed by atoms with E-state index in [9.17, 15) is 4.79 Å². The molecule has 152 valence electrons. The minimum atomic E-state index is 0.159. The smallest absolute Gasteiger partial charge is 0.178 e. The maximum Gasteiger partial charge on any atom is 0.178 e. The monoisotopic (exact) mass is 391 g/mol.